The third-order valence-corrected chi connectivity index (χ3v) is 3.22. The Kier molecular flexibility index (Phi) is 5.36. The molecule has 5 heteroatoms. The van der Waals surface area contributed by atoms with Crippen molar-refractivity contribution >= 4 is 17.1 Å². The van der Waals surface area contributed by atoms with Crippen LogP contribution in [-0.4, -0.2) is 10.2 Å². The van der Waals surface area contributed by atoms with Gasteiger partial charge in [-0.15, -0.1) is 0 Å². The molecule has 0 aliphatic heterocycles. The lowest BCUT2D eigenvalue weighted by Gasteiger charge is -2.02. The van der Waals surface area contributed by atoms with Gasteiger partial charge in [0.05, 0.1) is 6.20 Å². The first-order valence-electron chi connectivity index (χ1n) is 5.54. The van der Waals surface area contributed by atoms with Crippen molar-refractivity contribution in [3.63, 3.8) is 0 Å². The lowest BCUT2D eigenvalue weighted by molar-refractivity contribution is -0.609. The molecule has 0 radical (unpaired) electrons. The lowest BCUT2D eigenvalue weighted by Crippen LogP contribution is -3.00. The van der Waals surface area contributed by atoms with Gasteiger partial charge >= 0.3 is 0 Å². The Balaban J connectivity index is 0.000000902. The van der Waals surface area contributed by atoms with E-state index < -0.39 is 0 Å². The normalized spacial score (nSPS) is 9.74. The fourth-order valence-electron chi connectivity index (χ4n) is 1.98. The predicted octanol–water partition coefficient (Wildman–Crippen LogP) is -0.892. The van der Waals surface area contributed by atoms with Crippen LogP contribution in [0.1, 0.15) is 5.56 Å². The van der Waals surface area contributed by atoms with Gasteiger partial charge in [-0.1, -0.05) is 34.3 Å². The highest BCUT2D eigenvalue weighted by molar-refractivity contribution is 6.31. The Morgan fingerprint density at radius 2 is 1.74 bits per heavy atom. The second-order valence-corrected chi connectivity index (χ2v) is 4.38. The van der Waals surface area contributed by atoms with E-state index in [4.69, 9.17) is 11.6 Å². The minimum atomic E-state index is 0. The van der Waals surface area contributed by atoms with Crippen LogP contribution in [0.15, 0.2) is 60.9 Å². The molecule has 3 aromatic rings. The molecule has 2 heterocycles. The Bertz CT molecular complexity index is 667. The number of hydrogen-bond acceptors (Lipinski definition) is 0. The van der Waals surface area contributed by atoms with Crippen LogP contribution in [0.3, 0.4) is 0 Å². The Hall–Kier alpha value is -1.55. The number of aromatic nitrogens is 2. The zero-order chi connectivity index (χ0) is 11.7. The predicted molar refractivity (Wildman–Crippen MR) is 71.8 cm³/mol. The third kappa shape index (κ3) is 3.07. The van der Waals surface area contributed by atoms with Crippen LogP contribution < -0.4 is 16.9 Å². The smallest absolute Gasteiger partial charge is 0.237 e. The molecular formula is C14H14Cl2N2O. The van der Waals surface area contributed by atoms with E-state index in [2.05, 4.69) is 33.6 Å². The molecule has 0 fully saturated rings. The maximum absolute atomic E-state index is 6.17. The SMILES string of the molecule is Clc1ccccc1Cn1ccc2cccc[n+]21.O.[Cl-]. The molecule has 0 bridgehead atoms. The molecule has 0 saturated heterocycles. The molecule has 0 spiro atoms. The van der Waals surface area contributed by atoms with Gasteiger partial charge in [0, 0.05) is 23.2 Å². The van der Waals surface area contributed by atoms with Crippen LogP contribution in [0, 0.1) is 0 Å². The van der Waals surface area contributed by atoms with Gasteiger partial charge in [0.1, 0.15) is 6.54 Å². The van der Waals surface area contributed by atoms with E-state index in [1.54, 1.807) is 0 Å². The van der Waals surface area contributed by atoms with Gasteiger partial charge in [-0.25, -0.2) is 0 Å². The third-order valence-electron chi connectivity index (χ3n) is 2.85. The van der Waals surface area contributed by atoms with Crippen molar-refractivity contribution in [3.05, 3.63) is 71.5 Å². The van der Waals surface area contributed by atoms with E-state index in [1.807, 2.05) is 36.5 Å². The van der Waals surface area contributed by atoms with Crippen molar-refractivity contribution in [2.45, 2.75) is 6.54 Å². The summed E-state index contributed by atoms with van der Waals surface area (Å²) in [5.74, 6) is 0. The molecule has 19 heavy (non-hydrogen) atoms. The minimum Gasteiger partial charge on any atom is -1.00 e. The molecule has 0 saturated carbocycles. The van der Waals surface area contributed by atoms with E-state index in [1.165, 1.54) is 5.52 Å². The van der Waals surface area contributed by atoms with Crippen LogP contribution in [-0.2, 0) is 6.54 Å². The van der Waals surface area contributed by atoms with Crippen LogP contribution in [0.2, 0.25) is 5.02 Å². The molecule has 1 aromatic carbocycles. The number of fused-ring (bicyclic) bond motifs is 1. The number of rotatable bonds is 2. The summed E-state index contributed by atoms with van der Waals surface area (Å²) in [5.41, 5.74) is 2.31. The van der Waals surface area contributed by atoms with E-state index in [9.17, 15) is 0 Å². The number of halogens is 2. The van der Waals surface area contributed by atoms with Gasteiger partial charge in [-0.05, 0) is 17.7 Å². The second kappa shape index (κ2) is 6.57. The molecule has 2 N–H and O–H groups in total. The first kappa shape index (κ1) is 15.5. The summed E-state index contributed by atoms with van der Waals surface area (Å²) in [6.07, 6.45) is 4.12. The summed E-state index contributed by atoms with van der Waals surface area (Å²) in [6.45, 7) is 0.776. The van der Waals surface area contributed by atoms with E-state index in [-0.39, 0.29) is 17.9 Å². The van der Waals surface area contributed by atoms with Gasteiger partial charge in [-0.3, -0.25) is 0 Å². The topological polar surface area (TPSA) is 40.5 Å². The Morgan fingerprint density at radius 3 is 2.53 bits per heavy atom. The first-order valence-corrected chi connectivity index (χ1v) is 5.91. The van der Waals surface area contributed by atoms with Crippen LogP contribution >= 0.6 is 11.6 Å². The summed E-state index contributed by atoms with van der Waals surface area (Å²) in [4.78, 5) is 0. The van der Waals surface area contributed by atoms with E-state index in [0.717, 1.165) is 17.1 Å². The summed E-state index contributed by atoms with van der Waals surface area (Å²) in [7, 11) is 0. The van der Waals surface area contributed by atoms with Gasteiger partial charge in [0.15, 0.2) is 0 Å². The first-order chi connectivity index (χ1) is 8.34. The largest absolute Gasteiger partial charge is 1.00 e. The van der Waals surface area contributed by atoms with Crippen molar-refractivity contribution < 1.29 is 22.4 Å². The molecule has 0 aliphatic rings. The van der Waals surface area contributed by atoms with Gasteiger partial charge < -0.3 is 17.9 Å². The number of pyridine rings is 1. The summed E-state index contributed by atoms with van der Waals surface area (Å²) in [5, 5.41) is 0.811. The highest BCUT2D eigenvalue weighted by Gasteiger charge is 2.09. The maximum Gasteiger partial charge on any atom is 0.237 e. The molecule has 0 amide bonds. The van der Waals surface area contributed by atoms with Crippen LogP contribution in [0.5, 0.6) is 0 Å². The van der Waals surface area contributed by atoms with Crippen molar-refractivity contribution in [2.24, 2.45) is 0 Å². The monoisotopic (exact) mass is 296 g/mol. The Morgan fingerprint density at radius 1 is 1.00 bits per heavy atom. The van der Waals surface area contributed by atoms with Crippen molar-refractivity contribution in [3.8, 4) is 0 Å². The molecule has 0 atom stereocenters. The number of benzene rings is 1. The fourth-order valence-corrected chi connectivity index (χ4v) is 2.17. The van der Waals surface area contributed by atoms with Crippen molar-refractivity contribution in [1.29, 1.82) is 0 Å². The van der Waals surface area contributed by atoms with E-state index in [0.29, 0.717) is 0 Å². The lowest BCUT2D eigenvalue weighted by atomic mass is 10.2. The van der Waals surface area contributed by atoms with Gasteiger partial charge in [0.2, 0.25) is 11.7 Å². The molecule has 3 nitrogen and oxygen atoms in total. The standard InChI is InChI=1S/C14H12ClN2.ClH.H2O/c15-14-7-2-1-5-12(14)11-16-10-8-13-6-3-4-9-17(13)16;;/h1-10H,11H2;1H;1H2/q+1;;/p-1. The zero-order valence-electron chi connectivity index (χ0n) is 10.1. The average molecular weight is 297 g/mol. The number of hydrogen-bond donors (Lipinski definition) is 0. The molecular weight excluding hydrogens is 283 g/mol. The highest BCUT2D eigenvalue weighted by Crippen LogP contribution is 2.15. The zero-order valence-corrected chi connectivity index (χ0v) is 11.6. The second-order valence-electron chi connectivity index (χ2n) is 3.97. The van der Waals surface area contributed by atoms with Crippen LogP contribution in [0.4, 0.5) is 0 Å². The summed E-state index contributed by atoms with van der Waals surface area (Å²) < 4.78 is 4.25. The maximum atomic E-state index is 6.17. The molecule has 2 aromatic heterocycles. The highest BCUT2D eigenvalue weighted by atomic mass is 35.5. The molecule has 100 valence electrons. The molecule has 3 rings (SSSR count). The minimum absolute atomic E-state index is 0. The molecule has 0 aliphatic carbocycles. The summed E-state index contributed by atoms with van der Waals surface area (Å²) >= 11 is 6.17. The average Bonchev–Trinajstić information content (AvgIpc) is 2.76. The van der Waals surface area contributed by atoms with Crippen molar-refractivity contribution in [1.82, 2.24) is 4.68 Å². The van der Waals surface area contributed by atoms with Gasteiger partial charge in [0.25, 0.3) is 0 Å². The van der Waals surface area contributed by atoms with Gasteiger partial charge in [-0.2, -0.15) is 4.68 Å². The fraction of sp³-hybridized carbons (Fsp3) is 0.0714. The summed E-state index contributed by atoms with van der Waals surface area (Å²) in [6, 6.07) is 16.2. The Labute approximate surface area is 122 Å². The van der Waals surface area contributed by atoms with Crippen molar-refractivity contribution in [2.75, 3.05) is 0 Å². The van der Waals surface area contributed by atoms with Crippen LogP contribution in [0.25, 0.3) is 5.52 Å². The molecule has 0 unspecified atom stereocenters. The number of nitrogens with zero attached hydrogens (tertiary/aromatic N) is 2. The van der Waals surface area contributed by atoms with E-state index >= 15 is 0 Å². The quantitative estimate of drug-likeness (QED) is 0.551.